The van der Waals surface area contributed by atoms with Gasteiger partial charge in [-0.05, 0) is 26.3 Å². The molecule has 0 atom stereocenters. The number of amidine groups is 1. The number of nitrogens with two attached hydrogens (primary N) is 1. The standard InChI is InChI=1S/C11H19N5O/c1-4-7-16(8(2)3)11-13-6-5-9(14-11)10(12)15-17/h5-6,8,17H,4,7H2,1-3H3,(H2,12,15). The van der Waals surface area contributed by atoms with Gasteiger partial charge < -0.3 is 15.8 Å². The van der Waals surface area contributed by atoms with E-state index in [-0.39, 0.29) is 5.84 Å². The fourth-order valence-electron chi connectivity index (χ4n) is 1.51. The van der Waals surface area contributed by atoms with Crippen LogP contribution in [-0.2, 0) is 0 Å². The molecule has 0 saturated carbocycles. The lowest BCUT2D eigenvalue weighted by Gasteiger charge is -2.26. The van der Waals surface area contributed by atoms with Crippen molar-refractivity contribution in [1.82, 2.24) is 9.97 Å². The van der Waals surface area contributed by atoms with Crippen LogP contribution in [0, 0.1) is 0 Å². The molecule has 1 heterocycles. The molecule has 1 rings (SSSR count). The Labute approximate surface area is 101 Å². The molecule has 0 aliphatic carbocycles. The van der Waals surface area contributed by atoms with Crippen molar-refractivity contribution in [3.8, 4) is 0 Å². The molecule has 1 aromatic heterocycles. The Kier molecular flexibility index (Phi) is 4.68. The predicted octanol–water partition coefficient (Wildman–Crippen LogP) is 1.20. The second-order valence-electron chi connectivity index (χ2n) is 4.01. The molecule has 0 saturated heterocycles. The van der Waals surface area contributed by atoms with E-state index in [4.69, 9.17) is 10.9 Å². The van der Waals surface area contributed by atoms with E-state index in [9.17, 15) is 0 Å². The molecule has 1 aromatic rings. The minimum absolute atomic E-state index is 0.00569. The van der Waals surface area contributed by atoms with E-state index < -0.39 is 0 Å². The summed E-state index contributed by atoms with van der Waals surface area (Å²) in [6, 6.07) is 1.92. The van der Waals surface area contributed by atoms with Gasteiger partial charge in [0.1, 0.15) is 5.69 Å². The highest BCUT2D eigenvalue weighted by atomic mass is 16.4. The van der Waals surface area contributed by atoms with Crippen LogP contribution < -0.4 is 10.6 Å². The van der Waals surface area contributed by atoms with Crippen molar-refractivity contribution >= 4 is 11.8 Å². The zero-order chi connectivity index (χ0) is 12.8. The van der Waals surface area contributed by atoms with Crippen molar-refractivity contribution in [2.24, 2.45) is 10.9 Å². The van der Waals surface area contributed by atoms with E-state index >= 15 is 0 Å². The second-order valence-corrected chi connectivity index (χ2v) is 4.01. The van der Waals surface area contributed by atoms with Crippen molar-refractivity contribution in [3.05, 3.63) is 18.0 Å². The molecule has 17 heavy (non-hydrogen) atoms. The van der Waals surface area contributed by atoms with Gasteiger partial charge in [0.25, 0.3) is 0 Å². The van der Waals surface area contributed by atoms with Crippen LogP contribution in [0.25, 0.3) is 0 Å². The molecular weight excluding hydrogens is 218 g/mol. The summed E-state index contributed by atoms with van der Waals surface area (Å²) in [5, 5.41) is 11.6. The van der Waals surface area contributed by atoms with Gasteiger partial charge in [-0.2, -0.15) is 0 Å². The maximum Gasteiger partial charge on any atom is 0.226 e. The van der Waals surface area contributed by atoms with Gasteiger partial charge in [0.15, 0.2) is 5.84 Å². The molecular formula is C11H19N5O. The lowest BCUT2D eigenvalue weighted by atomic mass is 10.3. The minimum Gasteiger partial charge on any atom is -0.409 e. The van der Waals surface area contributed by atoms with Crippen LogP contribution in [0.1, 0.15) is 32.9 Å². The van der Waals surface area contributed by atoms with Gasteiger partial charge in [0.05, 0.1) is 0 Å². The molecule has 0 fully saturated rings. The van der Waals surface area contributed by atoms with Gasteiger partial charge in [-0.25, -0.2) is 9.97 Å². The number of anilines is 1. The Morgan fingerprint density at radius 1 is 1.59 bits per heavy atom. The normalized spacial score (nSPS) is 11.9. The molecule has 3 N–H and O–H groups in total. The molecule has 0 aliphatic heterocycles. The molecule has 0 radical (unpaired) electrons. The van der Waals surface area contributed by atoms with E-state index in [1.165, 1.54) is 0 Å². The van der Waals surface area contributed by atoms with Crippen molar-refractivity contribution in [3.63, 3.8) is 0 Å². The largest absolute Gasteiger partial charge is 0.409 e. The summed E-state index contributed by atoms with van der Waals surface area (Å²) in [4.78, 5) is 10.6. The van der Waals surface area contributed by atoms with Gasteiger partial charge >= 0.3 is 0 Å². The number of hydrogen-bond donors (Lipinski definition) is 2. The van der Waals surface area contributed by atoms with E-state index in [0.717, 1.165) is 13.0 Å². The van der Waals surface area contributed by atoms with Gasteiger partial charge in [0.2, 0.25) is 5.95 Å². The average Bonchev–Trinajstić information content (AvgIpc) is 2.34. The van der Waals surface area contributed by atoms with E-state index in [2.05, 4.69) is 40.8 Å². The fraction of sp³-hybridized carbons (Fsp3) is 0.545. The first-order valence-electron chi connectivity index (χ1n) is 5.67. The van der Waals surface area contributed by atoms with Gasteiger partial charge in [-0.3, -0.25) is 0 Å². The zero-order valence-electron chi connectivity index (χ0n) is 10.5. The van der Waals surface area contributed by atoms with Crippen molar-refractivity contribution in [2.75, 3.05) is 11.4 Å². The molecule has 0 spiro atoms. The molecule has 0 bridgehead atoms. The Balaban J connectivity index is 3.04. The first kappa shape index (κ1) is 13.2. The molecule has 6 heteroatoms. The molecule has 94 valence electrons. The third-order valence-corrected chi connectivity index (χ3v) is 2.36. The van der Waals surface area contributed by atoms with Crippen molar-refractivity contribution < 1.29 is 5.21 Å². The topological polar surface area (TPSA) is 87.6 Å². The Morgan fingerprint density at radius 2 is 2.29 bits per heavy atom. The maximum absolute atomic E-state index is 8.62. The van der Waals surface area contributed by atoms with E-state index in [1.807, 2.05) is 0 Å². The Morgan fingerprint density at radius 3 is 2.82 bits per heavy atom. The van der Waals surface area contributed by atoms with Crippen LogP contribution in [0.5, 0.6) is 0 Å². The van der Waals surface area contributed by atoms with E-state index in [0.29, 0.717) is 17.7 Å². The van der Waals surface area contributed by atoms with Crippen LogP contribution in [0.4, 0.5) is 5.95 Å². The SMILES string of the molecule is CCCN(c1nccc(/C(N)=N/O)n1)C(C)C. The monoisotopic (exact) mass is 237 g/mol. The fourth-order valence-corrected chi connectivity index (χ4v) is 1.51. The third kappa shape index (κ3) is 3.30. The van der Waals surface area contributed by atoms with Crippen molar-refractivity contribution in [2.45, 2.75) is 33.2 Å². The number of hydrogen-bond acceptors (Lipinski definition) is 5. The summed E-state index contributed by atoms with van der Waals surface area (Å²) in [6.07, 6.45) is 2.62. The summed E-state index contributed by atoms with van der Waals surface area (Å²) < 4.78 is 0. The van der Waals surface area contributed by atoms with E-state index in [1.54, 1.807) is 12.3 Å². The smallest absolute Gasteiger partial charge is 0.226 e. The minimum atomic E-state index is -0.00569. The number of oxime groups is 1. The van der Waals surface area contributed by atoms with Crippen LogP contribution in [-0.4, -0.2) is 33.6 Å². The number of rotatable bonds is 5. The molecule has 0 aliphatic rings. The highest BCUT2D eigenvalue weighted by Crippen LogP contribution is 2.11. The Bertz CT molecular complexity index is 391. The summed E-state index contributed by atoms with van der Waals surface area (Å²) in [5.41, 5.74) is 5.93. The van der Waals surface area contributed by atoms with Gasteiger partial charge in [-0.1, -0.05) is 12.1 Å². The van der Waals surface area contributed by atoms with Crippen LogP contribution in [0.3, 0.4) is 0 Å². The van der Waals surface area contributed by atoms with Gasteiger partial charge in [0, 0.05) is 18.8 Å². The first-order chi connectivity index (χ1) is 8.10. The van der Waals surface area contributed by atoms with Gasteiger partial charge in [-0.15, -0.1) is 0 Å². The Hall–Kier alpha value is -1.85. The first-order valence-corrected chi connectivity index (χ1v) is 5.67. The average molecular weight is 237 g/mol. The predicted molar refractivity (Wildman–Crippen MR) is 67.3 cm³/mol. The maximum atomic E-state index is 8.62. The van der Waals surface area contributed by atoms with Crippen molar-refractivity contribution in [1.29, 1.82) is 0 Å². The lowest BCUT2D eigenvalue weighted by molar-refractivity contribution is 0.318. The molecule has 6 nitrogen and oxygen atoms in total. The van der Waals surface area contributed by atoms with Crippen LogP contribution in [0.15, 0.2) is 17.4 Å². The highest BCUT2D eigenvalue weighted by Gasteiger charge is 2.13. The highest BCUT2D eigenvalue weighted by molar-refractivity contribution is 5.95. The quantitative estimate of drug-likeness (QED) is 0.347. The molecule has 0 unspecified atom stereocenters. The summed E-state index contributed by atoms with van der Waals surface area (Å²) in [6.45, 7) is 7.13. The van der Waals surface area contributed by atoms with Crippen LogP contribution >= 0.6 is 0 Å². The molecule has 0 amide bonds. The third-order valence-electron chi connectivity index (χ3n) is 2.36. The van der Waals surface area contributed by atoms with Crippen LogP contribution in [0.2, 0.25) is 0 Å². The second kappa shape index (κ2) is 6.03. The summed E-state index contributed by atoms with van der Waals surface area (Å²) in [5.74, 6) is 0.597. The lowest BCUT2D eigenvalue weighted by Crippen LogP contribution is -2.33. The summed E-state index contributed by atoms with van der Waals surface area (Å²) in [7, 11) is 0. The number of aromatic nitrogens is 2. The zero-order valence-corrected chi connectivity index (χ0v) is 10.5. The number of nitrogens with zero attached hydrogens (tertiary/aromatic N) is 4. The summed E-state index contributed by atoms with van der Waals surface area (Å²) >= 11 is 0. The molecule has 0 aromatic carbocycles.